The van der Waals surface area contributed by atoms with Crippen molar-refractivity contribution in [2.45, 2.75) is 4.90 Å². The molecular weight excluding hydrogens is 408 g/mol. The van der Waals surface area contributed by atoms with Gasteiger partial charge in [0.2, 0.25) is 0 Å². The maximum absolute atomic E-state index is 11.6. The van der Waals surface area contributed by atoms with Crippen LogP contribution in [-0.2, 0) is 9.84 Å². The second kappa shape index (κ2) is 8.27. The summed E-state index contributed by atoms with van der Waals surface area (Å²) in [5.41, 5.74) is 2.70. The molecule has 0 aliphatic rings. The molecule has 0 radical (unpaired) electrons. The van der Waals surface area contributed by atoms with Gasteiger partial charge in [-0.3, -0.25) is 0 Å². The molecule has 4 aromatic rings. The highest BCUT2D eigenvalue weighted by molar-refractivity contribution is 7.90. The maximum Gasteiger partial charge on any atom is 0.175 e. The summed E-state index contributed by atoms with van der Waals surface area (Å²) in [6.45, 7) is 0. The third-order valence-electron chi connectivity index (χ3n) is 4.54. The van der Waals surface area contributed by atoms with E-state index in [4.69, 9.17) is 5.26 Å². The summed E-state index contributed by atoms with van der Waals surface area (Å²) < 4.78 is 23.2. The Labute approximate surface area is 180 Å². The van der Waals surface area contributed by atoms with Crippen molar-refractivity contribution in [2.24, 2.45) is 0 Å². The average Bonchev–Trinajstić information content (AvgIpc) is 2.78. The summed E-state index contributed by atoms with van der Waals surface area (Å²) in [6, 6.07) is 19.3. The minimum absolute atomic E-state index is 0.258. The lowest BCUT2D eigenvalue weighted by atomic mass is 10.1. The monoisotopic (exact) mass is 424 g/mol. The van der Waals surface area contributed by atoms with Gasteiger partial charge in [0, 0.05) is 40.7 Å². The Bertz CT molecular complexity index is 1480. The third-order valence-corrected chi connectivity index (χ3v) is 5.67. The second-order valence-electron chi connectivity index (χ2n) is 6.81. The standard InChI is InChI=1S/C24H16N4O2S/c1-31(29,30)21-9-7-20(8-10-21)28-24-14-22-19(16-27-24)12-13-26-23(22)11-6-17-2-4-18(15-25)5-3-17/h2-5,7-10,12-14,16H,1H3,(H,27,28). The van der Waals surface area contributed by atoms with Crippen molar-refractivity contribution >= 4 is 32.1 Å². The van der Waals surface area contributed by atoms with Crippen LogP contribution in [0.4, 0.5) is 11.5 Å². The van der Waals surface area contributed by atoms with E-state index in [-0.39, 0.29) is 4.90 Å². The Morgan fingerprint density at radius 2 is 1.61 bits per heavy atom. The topological polar surface area (TPSA) is 95.7 Å². The first kappa shape index (κ1) is 20.1. The fourth-order valence-corrected chi connectivity index (χ4v) is 3.56. The molecule has 0 saturated heterocycles. The first-order valence-electron chi connectivity index (χ1n) is 9.26. The molecule has 2 aromatic carbocycles. The maximum atomic E-state index is 11.6. The van der Waals surface area contributed by atoms with Crippen molar-refractivity contribution in [3.8, 4) is 17.9 Å². The number of rotatable bonds is 3. The zero-order valence-corrected chi connectivity index (χ0v) is 17.3. The van der Waals surface area contributed by atoms with Crippen LogP contribution >= 0.6 is 0 Å². The fraction of sp³-hybridized carbons (Fsp3) is 0.0417. The summed E-state index contributed by atoms with van der Waals surface area (Å²) in [5.74, 6) is 6.76. The molecule has 2 heterocycles. The Balaban J connectivity index is 1.64. The van der Waals surface area contributed by atoms with Crippen LogP contribution in [0.5, 0.6) is 0 Å². The van der Waals surface area contributed by atoms with Gasteiger partial charge in [-0.15, -0.1) is 0 Å². The SMILES string of the molecule is CS(=O)(=O)c1ccc(Nc2cc3c(C#Cc4ccc(C#N)cc4)nccc3cn2)cc1. The molecule has 0 saturated carbocycles. The van der Waals surface area contributed by atoms with Crippen LogP contribution in [0.3, 0.4) is 0 Å². The molecule has 0 spiro atoms. The normalized spacial score (nSPS) is 10.7. The van der Waals surface area contributed by atoms with Gasteiger partial charge in [-0.25, -0.2) is 18.4 Å². The molecule has 4 rings (SSSR count). The molecule has 0 amide bonds. The van der Waals surface area contributed by atoms with Gasteiger partial charge in [0.05, 0.1) is 16.5 Å². The smallest absolute Gasteiger partial charge is 0.175 e. The van der Waals surface area contributed by atoms with E-state index in [0.29, 0.717) is 22.8 Å². The van der Waals surface area contributed by atoms with E-state index in [2.05, 4.69) is 33.2 Å². The van der Waals surface area contributed by atoms with Gasteiger partial charge in [-0.05, 0) is 66.6 Å². The first-order chi connectivity index (χ1) is 14.9. The molecule has 0 aliphatic heterocycles. The highest BCUT2D eigenvalue weighted by Gasteiger charge is 2.07. The van der Waals surface area contributed by atoms with E-state index >= 15 is 0 Å². The third kappa shape index (κ3) is 4.69. The molecule has 31 heavy (non-hydrogen) atoms. The summed E-state index contributed by atoms with van der Waals surface area (Å²) in [5, 5.41) is 13.8. The van der Waals surface area contributed by atoms with E-state index in [9.17, 15) is 8.42 Å². The van der Waals surface area contributed by atoms with Crippen molar-refractivity contribution in [1.29, 1.82) is 5.26 Å². The number of fused-ring (bicyclic) bond motifs is 1. The fourth-order valence-electron chi connectivity index (χ4n) is 2.93. The lowest BCUT2D eigenvalue weighted by Crippen LogP contribution is -1.98. The number of nitriles is 1. The number of aromatic nitrogens is 2. The van der Waals surface area contributed by atoms with Gasteiger partial charge in [0.25, 0.3) is 0 Å². The Morgan fingerprint density at radius 1 is 0.903 bits per heavy atom. The van der Waals surface area contributed by atoms with Gasteiger partial charge < -0.3 is 5.32 Å². The molecule has 150 valence electrons. The van der Waals surface area contributed by atoms with Crippen LogP contribution in [0.15, 0.2) is 78.0 Å². The molecule has 7 heteroatoms. The van der Waals surface area contributed by atoms with Crippen molar-refractivity contribution in [3.05, 3.63) is 89.9 Å². The Morgan fingerprint density at radius 3 is 2.29 bits per heavy atom. The molecule has 0 fully saturated rings. The summed E-state index contributed by atoms with van der Waals surface area (Å²) in [6.07, 6.45) is 4.59. The molecule has 0 atom stereocenters. The number of anilines is 2. The van der Waals surface area contributed by atoms with Crippen molar-refractivity contribution in [1.82, 2.24) is 9.97 Å². The molecule has 0 unspecified atom stereocenters. The van der Waals surface area contributed by atoms with Crippen LogP contribution in [0.1, 0.15) is 16.8 Å². The first-order valence-corrected chi connectivity index (χ1v) is 11.2. The van der Waals surface area contributed by atoms with Crippen LogP contribution < -0.4 is 5.32 Å². The van der Waals surface area contributed by atoms with Crippen molar-refractivity contribution in [3.63, 3.8) is 0 Å². The van der Waals surface area contributed by atoms with E-state index < -0.39 is 9.84 Å². The average molecular weight is 424 g/mol. The highest BCUT2D eigenvalue weighted by atomic mass is 32.2. The Kier molecular flexibility index (Phi) is 5.36. The van der Waals surface area contributed by atoms with Gasteiger partial charge in [-0.2, -0.15) is 5.26 Å². The van der Waals surface area contributed by atoms with Gasteiger partial charge in [0.15, 0.2) is 9.84 Å². The summed E-state index contributed by atoms with van der Waals surface area (Å²) in [7, 11) is -3.24. The van der Waals surface area contributed by atoms with E-state index in [0.717, 1.165) is 16.3 Å². The number of nitrogens with one attached hydrogen (secondary N) is 1. The zero-order chi connectivity index (χ0) is 21.8. The minimum Gasteiger partial charge on any atom is -0.340 e. The minimum atomic E-state index is -3.24. The zero-order valence-electron chi connectivity index (χ0n) is 16.5. The molecule has 6 nitrogen and oxygen atoms in total. The number of nitrogens with zero attached hydrogens (tertiary/aromatic N) is 3. The quantitative estimate of drug-likeness (QED) is 0.499. The molecule has 0 aliphatic carbocycles. The van der Waals surface area contributed by atoms with Gasteiger partial charge >= 0.3 is 0 Å². The predicted octanol–water partition coefficient (Wildman–Crippen LogP) is 4.05. The molecular formula is C24H16N4O2S. The lowest BCUT2D eigenvalue weighted by molar-refractivity contribution is 0.602. The summed E-state index contributed by atoms with van der Waals surface area (Å²) >= 11 is 0. The lowest BCUT2D eigenvalue weighted by Gasteiger charge is -2.08. The molecule has 0 bridgehead atoms. The Hall–Kier alpha value is -4.20. The number of sulfone groups is 1. The van der Waals surface area contributed by atoms with Gasteiger partial charge in [-0.1, -0.05) is 5.92 Å². The van der Waals surface area contributed by atoms with Crippen molar-refractivity contribution < 1.29 is 8.42 Å². The number of hydrogen-bond acceptors (Lipinski definition) is 6. The number of pyridine rings is 2. The second-order valence-corrected chi connectivity index (χ2v) is 8.83. The van der Waals surface area contributed by atoms with E-state index in [1.165, 1.54) is 6.26 Å². The molecule has 2 aromatic heterocycles. The number of hydrogen-bond donors (Lipinski definition) is 1. The highest BCUT2D eigenvalue weighted by Crippen LogP contribution is 2.22. The van der Waals surface area contributed by atoms with Crippen LogP contribution in [0, 0.1) is 23.2 Å². The predicted molar refractivity (Wildman–Crippen MR) is 120 cm³/mol. The van der Waals surface area contributed by atoms with E-state index in [1.807, 2.05) is 12.1 Å². The van der Waals surface area contributed by atoms with Crippen molar-refractivity contribution in [2.75, 3.05) is 11.6 Å². The van der Waals surface area contributed by atoms with Crippen LogP contribution in [0.2, 0.25) is 0 Å². The largest absolute Gasteiger partial charge is 0.340 e. The molecule has 1 N–H and O–H groups in total. The summed E-state index contributed by atoms with van der Waals surface area (Å²) in [4.78, 5) is 9.07. The van der Waals surface area contributed by atoms with E-state index in [1.54, 1.807) is 60.9 Å². The van der Waals surface area contributed by atoms with Gasteiger partial charge in [0.1, 0.15) is 11.5 Å². The van der Waals surface area contributed by atoms with Crippen LogP contribution in [-0.4, -0.2) is 24.6 Å². The number of benzene rings is 2. The van der Waals surface area contributed by atoms with Crippen LogP contribution in [0.25, 0.3) is 10.8 Å².